The predicted octanol–water partition coefficient (Wildman–Crippen LogP) is 1.05. The van der Waals surface area contributed by atoms with E-state index in [1.165, 1.54) is 12.6 Å². The summed E-state index contributed by atoms with van der Waals surface area (Å²) in [6, 6.07) is 3.78. The highest BCUT2D eigenvalue weighted by atomic mass is 16.5. The number of nitrogens with zero attached hydrogens (tertiary/aromatic N) is 4. The summed E-state index contributed by atoms with van der Waals surface area (Å²) in [5.41, 5.74) is 0. The van der Waals surface area contributed by atoms with Crippen molar-refractivity contribution in [3.05, 3.63) is 42.9 Å². The molecule has 2 aromatic rings. The Hall–Kier alpha value is -2.41. The van der Waals surface area contributed by atoms with Gasteiger partial charge in [0.2, 0.25) is 0 Å². The van der Waals surface area contributed by atoms with Gasteiger partial charge in [0.1, 0.15) is 12.4 Å². The molecule has 120 valence electrons. The summed E-state index contributed by atoms with van der Waals surface area (Å²) < 4.78 is 11.2. The van der Waals surface area contributed by atoms with Crippen molar-refractivity contribution in [1.29, 1.82) is 0 Å². The minimum atomic E-state index is -0.0320. The van der Waals surface area contributed by atoms with Crippen LogP contribution in [0.1, 0.15) is 17.0 Å². The number of fused-ring (bicyclic) bond motifs is 1. The topological polar surface area (TPSA) is 71.7 Å². The molecule has 2 aliphatic rings. The van der Waals surface area contributed by atoms with Crippen LogP contribution in [0.3, 0.4) is 0 Å². The lowest BCUT2D eigenvalue weighted by Crippen LogP contribution is -2.52. The predicted molar refractivity (Wildman–Crippen MR) is 81.0 cm³/mol. The van der Waals surface area contributed by atoms with Crippen molar-refractivity contribution in [2.75, 3.05) is 26.2 Å². The second-order valence-corrected chi connectivity index (χ2v) is 5.93. The zero-order chi connectivity index (χ0) is 15.6. The van der Waals surface area contributed by atoms with Crippen LogP contribution in [0.15, 0.2) is 41.5 Å². The molecular weight excluding hydrogens is 296 g/mol. The molecule has 2 atom stereocenters. The van der Waals surface area contributed by atoms with Gasteiger partial charge in [0.15, 0.2) is 11.5 Å². The van der Waals surface area contributed by atoms with Crippen LogP contribution >= 0.6 is 0 Å². The van der Waals surface area contributed by atoms with E-state index in [1.54, 1.807) is 24.5 Å². The number of carbonyl (C=O) groups is 1. The van der Waals surface area contributed by atoms with Crippen LogP contribution in [0.5, 0.6) is 5.75 Å². The zero-order valence-corrected chi connectivity index (χ0v) is 12.7. The van der Waals surface area contributed by atoms with Gasteiger partial charge in [-0.25, -0.2) is 9.97 Å². The van der Waals surface area contributed by atoms with E-state index in [0.717, 1.165) is 26.1 Å². The van der Waals surface area contributed by atoms with Gasteiger partial charge in [-0.1, -0.05) is 0 Å². The number of rotatable bonds is 3. The Morgan fingerprint density at radius 1 is 1.26 bits per heavy atom. The SMILES string of the molecule is O=C(c1ccco1)N1CCN2C[C@H](Oc3cncnc3)C[C@H]2C1. The van der Waals surface area contributed by atoms with E-state index in [2.05, 4.69) is 14.9 Å². The van der Waals surface area contributed by atoms with Gasteiger partial charge in [-0.05, 0) is 12.1 Å². The molecule has 0 saturated carbocycles. The van der Waals surface area contributed by atoms with Crippen molar-refractivity contribution in [2.45, 2.75) is 18.6 Å². The van der Waals surface area contributed by atoms with E-state index in [9.17, 15) is 4.79 Å². The Bertz CT molecular complexity index is 661. The highest BCUT2D eigenvalue weighted by molar-refractivity contribution is 5.91. The Labute approximate surface area is 133 Å². The third kappa shape index (κ3) is 2.92. The summed E-state index contributed by atoms with van der Waals surface area (Å²) in [5, 5.41) is 0. The van der Waals surface area contributed by atoms with Crippen molar-refractivity contribution in [3.63, 3.8) is 0 Å². The Morgan fingerprint density at radius 3 is 2.91 bits per heavy atom. The van der Waals surface area contributed by atoms with Gasteiger partial charge in [-0.3, -0.25) is 9.69 Å². The number of hydrogen-bond donors (Lipinski definition) is 0. The van der Waals surface area contributed by atoms with Crippen LogP contribution in [0.4, 0.5) is 0 Å². The molecule has 0 unspecified atom stereocenters. The van der Waals surface area contributed by atoms with Gasteiger partial charge in [0.05, 0.1) is 18.7 Å². The molecule has 2 aliphatic heterocycles. The summed E-state index contributed by atoms with van der Waals surface area (Å²) in [6.07, 6.45) is 7.39. The zero-order valence-electron chi connectivity index (χ0n) is 12.7. The van der Waals surface area contributed by atoms with Gasteiger partial charge in [-0.2, -0.15) is 0 Å². The molecule has 2 fully saturated rings. The van der Waals surface area contributed by atoms with E-state index in [1.807, 2.05) is 4.90 Å². The van der Waals surface area contributed by atoms with Crippen molar-refractivity contribution in [3.8, 4) is 5.75 Å². The van der Waals surface area contributed by atoms with Crippen LogP contribution in [0, 0.1) is 0 Å². The first-order chi connectivity index (χ1) is 11.3. The summed E-state index contributed by atoms with van der Waals surface area (Å²) in [4.78, 5) is 24.6. The van der Waals surface area contributed by atoms with Gasteiger partial charge in [-0.15, -0.1) is 0 Å². The molecule has 1 amide bonds. The van der Waals surface area contributed by atoms with Crippen molar-refractivity contribution in [2.24, 2.45) is 0 Å². The van der Waals surface area contributed by atoms with E-state index < -0.39 is 0 Å². The van der Waals surface area contributed by atoms with E-state index in [4.69, 9.17) is 9.15 Å². The van der Waals surface area contributed by atoms with Gasteiger partial charge >= 0.3 is 0 Å². The highest BCUT2D eigenvalue weighted by Gasteiger charge is 2.38. The monoisotopic (exact) mass is 314 g/mol. The first kappa shape index (κ1) is 14.2. The van der Waals surface area contributed by atoms with Gasteiger partial charge in [0, 0.05) is 38.6 Å². The second kappa shape index (κ2) is 6.00. The molecule has 2 aromatic heterocycles. The molecule has 0 bridgehead atoms. The van der Waals surface area contributed by atoms with E-state index >= 15 is 0 Å². The summed E-state index contributed by atoms with van der Waals surface area (Å²) >= 11 is 0. The summed E-state index contributed by atoms with van der Waals surface area (Å²) in [7, 11) is 0. The molecule has 4 rings (SSSR count). The van der Waals surface area contributed by atoms with Crippen molar-refractivity contribution in [1.82, 2.24) is 19.8 Å². The molecule has 23 heavy (non-hydrogen) atoms. The van der Waals surface area contributed by atoms with Crippen molar-refractivity contribution < 1.29 is 13.9 Å². The number of piperazine rings is 1. The van der Waals surface area contributed by atoms with Gasteiger partial charge in [0.25, 0.3) is 5.91 Å². The maximum atomic E-state index is 12.4. The van der Waals surface area contributed by atoms with E-state index in [-0.39, 0.29) is 12.0 Å². The minimum Gasteiger partial charge on any atom is -0.486 e. The number of carbonyl (C=O) groups excluding carboxylic acids is 1. The first-order valence-electron chi connectivity index (χ1n) is 7.78. The standard InChI is InChI=1S/C16H18N4O3/c21-16(15-2-1-5-22-15)20-4-3-19-10-13(6-12(19)9-20)23-14-7-17-11-18-8-14/h1-2,5,7-8,11-13H,3-4,6,9-10H2/t12-,13+/m0/s1. The van der Waals surface area contributed by atoms with Crippen LogP contribution < -0.4 is 4.74 Å². The maximum absolute atomic E-state index is 12.4. The largest absolute Gasteiger partial charge is 0.486 e. The molecule has 0 aliphatic carbocycles. The molecule has 4 heterocycles. The minimum absolute atomic E-state index is 0.0320. The first-order valence-corrected chi connectivity index (χ1v) is 7.78. The molecule has 0 aromatic carbocycles. The van der Waals surface area contributed by atoms with Crippen LogP contribution in [0.25, 0.3) is 0 Å². The lowest BCUT2D eigenvalue weighted by molar-refractivity contribution is 0.0540. The molecular formula is C16H18N4O3. The quantitative estimate of drug-likeness (QED) is 0.843. The molecule has 0 N–H and O–H groups in total. The normalized spacial score (nSPS) is 24.4. The Morgan fingerprint density at radius 2 is 2.13 bits per heavy atom. The maximum Gasteiger partial charge on any atom is 0.289 e. The van der Waals surface area contributed by atoms with Crippen LogP contribution in [0.2, 0.25) is 0 Å². The second-order valence-electron chi connectivity index (χ2n) is 5.93. The fourth-order valence-electron chi connectivity index (χ4n) is 3.36. The molecule has 0 radical (unpaired) electrons. The number of ether oxygens (including phenoxy) is 1. The Kier molecular flexibility index (Phi) is 3.70. The smallest absolute Gasteiger partial charge is 0.289 e. The molecule has 2 saturated heterocycles. The molecule has 7 nitrogen and oxygen atoms in total. The lowest BCUT2D eigenvalue weighted by Gasteiger charge is -2.36. The number of aromatic nitrogens is 2. The van der Waals surface area contributed by atoms with Crippen LogP contribution in [-0.4, -0.2) is 64.0 Å². The molecule has 0 spiro atoms. The van der Waals surface area contributed by atoms with Gasteiger partial charge < -0.3 is 14.1 Å². The number of amides is 1. The number of hydrogen-bond acceptors (Lipinski definition) is 6. The number of furan rings is 1. The average molecular weight is 314 g/mol. The Balaban J connectivity index is 1.38. The van der Waals surface area contributed by atoms with E-state index in [0.29, 0.717) is 24.1 Å². The fourth-order valence-corrected chi connectivity index (χ4v) is 3.36. The lowest BCUT2D eigenvalue weighted by atomic mass is 10.1. The van der Waals surface area contributed by atoms with Crippen LogP contribution in [-0.2, 0) is 0 Å². The summed E-state index contributed by atoms with van der Waals surface area (Å²) in [5.74, 6) is 1.07. The third-order valence-corrected chi connectivity index (χ3v) is 4.44. The summed E-state index contributed by atoms with van der Waals surface area (Å²) in [6.45, 7) is 3.17. The molecule has 7 heteroatoms. The fraction of sp³-hybridized carbons (Fsp3) is 0.438. The average Bonchev–Trinajstić information content (AvgIpc) is 3.23. The van der Waals surface area contributed by atoms with Crippen molar-refractivity contribution >= 4 is 5.91 Å². The third-order valence-electron chi connectivity index (χ3n) is 4.44. The highest BCUT2D eigenvalue weighted by Crippen LogP contribution is 2.26.